The molecule has 0 saturated heterocycles. The van der Waals surface area contributed by atoms with Crippen LogP contribution < -0.4 is 0 Å². The lowest BCUT2D eigenvalue weighted by molar-refractivity contribution is -0.147. The number of hydrogen-bond acceptors (Lipinski definition) is 3. The van der Waals surface area contributed by atoms with E-state index < -0.39 is 12.0 Å². The summed E-state index contributed by atoms with van der Waals surface area (Å²) in [5.41, 5.74) is 1.00. The van der Waals surface area contributed by atoms with Crippen LogP contribution in [0.5, 0.6) is 0 Å². The fourth-order valence-electron chi connectivity index (χ4n) is 2.06. The first-order valence-electron chi connectivity index (χ1n) is 7.18. The van der Waals surface area contributed by atoms with Crippen molar-refractivity contribution in [2.24, 2.45) is 5.92 Å². The first kappa shape index (κ1) is 16.4. The highest BCUT2D eigenvalue weighted by Crippen LogP contribution is 2.17. The highest BCUT2D eigenvalue weighted by Gasteiger charge is 2.24. The molecule has 0 heterocycles. The van der Waals surface area contributed by atoms with Crippen molar-refractivity contribution in [1.82, 2.24) is 0 Å². The lowest BCUT2D eigenvalue weighted by atomic mass is 9.96. The summed E-state index contributed by atoms with van der Waals surface area (Å²) in [5.74, 6) is -0.988. The summed E-state index contributed by atoms with van der Waals surface area (Å²) in [6, 6.07) is 9.71. The zero-order valence-corrected chi connectivity index (χ0v) is 12.3. The second kappa shape index (κ2) is 9.32. The summed E-state index contributed by atoms with van der Waals surface area (Å²) in [5, 5.41) is 10.2. The number of ether oxygens (including phenoxy) is 1. The molecule has 3 nitrogen and oxygen atoms in total. The Balaban J connectivity index is 2.69. The van der Waals surface area contributed by atoms with E-state index in [4.69, 9.17) is 4.74 Å². The molecule has 110 valence electrons. The molecule has 1 N–H and O–H groups in total. The number of aliphatic hydroxyl groups excluding tert-OH is 1. The summed E-state index contributed by atoms with van der Waals surface area (Å²) in [6.07, 6.45) is 6.59. The fraction of sp³-hybridized carbons (Fsp3) is 0.471. The maximum Gasteiger partial charge on any atom is 0.315 e. The lowest BCUT2D eigenvalue weighted by Gasteiger charge is -2.17. The van der Waals surface area contributed by atoms with Gasteiger partial charge < -0.3 is 9.84 Å². The van der Waals surface area contributed by atoms with Gasteiger partial charge in [-0.05, 0) is 12.0 Å². The van der Waals surface area contributed by atoms with Crippen molar-refractivity contribution in [2.75, 3.05) is 7.11 Å². The number of carbonyl (C=O) groups is 1. The first-order valence-corrected chi connectivity index (χ1v) is 7.18. The summed E-state index contributed by atoms with van der Waals surface area (Å²) in [6.45, 7) is 2.11. The van der Waals surface area contributed by atoms with Crippen LogP contribution in [0, 0.1) is 5.92 Å². The van der Waals surface area contributed by atoms with E-state index in [9.17, 15) is 9.90 Å². The van der Waals surface area contributed by atoms with E-state index in [0.29, 0.717) is 6.42 Å². The van der Waals surface area contributed by atoms with E-state index >= 15 is 0 Å². The van der Waals surface area contributed by atoms with Crippen LogP contribution in [0.2, 0.25) is 0 Å². The molecule has 1 aromatic carbocycles. The Bertz CT molecular complexity index is 412. The minimum Gasteiger partial charge on any atom is -0.468 e. The molecular formula is C17H24O3. The van der Waals surface area contributed by atoms with Crippen molar-refractivity contribution >= 4 is 12.0 Å². The number of methoxy groups -OCH3 is 1. The van der Waals surface area contributed by atoms with Gasteiger partial charge in [-0.15, -0.1) is 0 Å². The van der Waals surface area contributed by atoms with Crippen LogP contribution in [0.3, 0.4) is 0 Å². The number of benzene rings is 1. The maximum absolute atomic E-state index is 11.8. The third-order valence-corrected chi connectivity index (χ3v) is 3.29. The average molecular weight is 276 g/mol. The molecule has 2 unspecified atom stereocenters. The van der Waals surface area contributed by atoms with E-state index in [2.05, 4.69) is 6.92 Å². The van der Waals surface area contributed by atoms with Crippen LogP contribution in [0.15, 0.2) is 36.4 Å². The van der Waals surface area contributed by atoms with E-state index in [1.54, 1.807) is 6.08 Å². The molecule has 0 aliphatic heterocycles. The first-order chi connectivity index (χ1) is 9.69. The monoisotopic (exact) mass is 276 g/mol. The van der Waals surface area contributed by atoms with E-state index in [1.165, 1.54) is 7.11 Å². The number of carbonyl (C=O) groups excluding carboxylic acids is 1. The molecule has 0 aliphatic rings. The molecule has 0 fully saturated rings. The number of esters is 1. The summed E-state index contributed by atoms with van der Waals surface area (Å²) in [7, 11) is 1.35. The Morgan fingerprint density at radius 3 is 2.60 bits per heavy atom. The Labute approximate surface area is 121 Å². The Kier molecular flexibility index (Phi) is 7.66. The third kappa shape index (κ3) is 5.57. The molecule has 0 saturated carbocycles. The van der Waals surface area contributed by atoms with Gasteiger partial charge in [0.2, 0.25) is 0 Å². The van der Waals surface area contributed by atoms with Gasteiger partial charge in [-0.1, -0.05) is 68.7 Å². The van der Waals surface area contributed by atoms with Crippen molar-refractivity contribution in [3.8, 4) is 0 Å². The smallest absolute Gasteiger partial charge is 0.315 e. The highest BCUT2D eigenvalue weighted by atomic mass is 16.5. The predicted molar refractivity (Wildman–Crippen MR) is 81.1 cm³/mol. The van der Waals surface area contributed by atoms with Gasteiger partial charge in [-0.25, -0.2) is 0 Å². The van der Waals surface area contributed by atoms with E-state index in [-0.39, 0.29) is 5.97 Å². The number of rotatable bonds is 8. The minimum absolute atomic E-state index is 0.388. The third-order valence-electron chi connectivity index (χ3n) is 3.29. The highest BCUT2D eigenvalue weighted by molar-refractivity contribution is 5.76. The van der Waals surface area contributed by atoms with Crippen molar-refractivity contribution < 1.29 is 14.6 Å². The van der Waals surface area contributed by atoms with Crippen molar-refractivity contribution in [1.29, 1.82) is 0 Å². The van der Waals surface area contributed by atoms with Crippen molar-refractivity contribution in [3.05, 3.63) is 42.0 Å². The van der Waals surface area contributed by atoms with Crippen molar-refractivity contribution in [2.45, 2.75) is 38.7 Å². The quantitative estimate of drug-likeness (QED) is 0.584. The standard InChI is InChI=1S/C17H24O3/c1-3-4-6-11-16(18)15(17(19)20-2)13-12-14-9-7-5-8-10-14/h5,7-10,12-13,15-16,18H,3-4,6,11H2,1-2H3/b13-12-. The second-order valence-electron chi connectivity index (χ2n) is 4.88. The largest absolute Gasteiger partial charge is 0.468 e. The molecule has 3 heteroatoms. The number of unbranched alkanes of at least 4 members (excludes halogenated alkanes) is 2. The van der Waals surface area contributed by atoms with Gasteiger partial charge in [-0.2, -0.15) is 0 Å². The second-order valence-corrected chi connectivity index (χ2v) is 4.88. The zero-order chi connectivity index (χ0) is 14.8. The Morgan fingerprint density at radius 2 is 2.00 bits per heavy atom. The maximum atomic E-state index is 11.8. The van der Waals surface area contributed by atoms with E-state index in [0.717, 1.165) is 24.8 Å². The van der Waals surface area contributed by atoms with Gasteiger partial charge in [0, 0.05) is 0 Å². The van der Waals surface area contributed by atoms with Crippen LogP contribution in [0.4, 0.5) is 0 Å². The van der Waals surface area contributed by atoms with E-state index in [1.807, 2.05) is 36.4 Å². The molecular weight excluding hydrogens is 252 g/mol. The van der Waals surface area contributed by atoms with Gasteiger partial charge >= 0.3 is 5.97 Å². The van der Waals surface area contributed by atoms with Gasteiger partial charge in [0.1, 0.15) is 5.92 Å². The normalized spacial score (nSPS) is 14.2. The van der Waals surface area contributed by atoms with Crippen LogP contribution in [-0.4, -0.2) is 24.3 Å². The van der Waals surface area contributed by atoms with Gasteiger partial charge in [0.05, 0.1) is 13.2 Å². The number of aliphatic hydroxyl groups is 1. The zero-order valence-electron chi connectivity index (χ0n) is 12.3. The molecule has 0 amide bonds. The van der Waals surface area contributed by atoms with Crippen LogP contribution in [-0.2, 0) is 9.53 Å². The fourth-order valence-corrected chi connectivity index (χ4v) is 2.06. The Hall–Kier alpha value is -1.61. The summed E-state index contributed by atoms with van der Waals surface area (Å²) in [4.78, 5) is 11.8. The Morgan fingerprint density at radius 1 is 1.30 bits per heavy atom. The molecule has 2 atom stereocenters. The topological polar surface area (TPSA) is 46.5 Å². The van der Waals surface area contributed by atoms with Crippen LogP contribution in [0.1, 0.15) is 38.2 Å². The molecule has 0 aromatic heterocycles. The average Bonchev–Trinajstić information content (AvgIpc) is 2.48. The predicted octanol–water partition coefficient (Wildman–Crippen LogP) is 3.43. The van der Waals surface area contributed by atoms with Crippen molar-refractivity contribution in [3.63, 3.8) is 0 Å². The molecule has 0 radical (unpaired) electrons. The minimum atomic E-state index is -0.686. The lowest BCUT2D eigenvalue weighted by Crippen LogP contribution is -2.27. The number of hydrogen-bond donors (Lipinski definition) is 1. The molecule has 1 aromatic rings. The molecule has 0 aliphatic carbocycles. The summed E-state index contributed by atoms with van der Waals surface area (Å²) < 4.78 is 4.78. The van der Waals surface area contributed by atoms with Gasteiger partial charge in [0.15, 0.2) is 0 Å². The molecule has 1 rings (SSSR count). The SMILES string of the molecule is CCCCCC(O)C(/C=C\c1ccccc1)C(=O)OC. The van der Waals surface area contributed by atoms with Crippen LogP contribution in [0.25, 0.3) is 6.08 Å². The molecule has 0 bridgehead atoms. The summed E-state index contributed by atoms with van der Waals surface area (Å²) >= 11 is 0. The molecule has 20 heavy (non-hydrogen) atoms. The van der Waals surface area contributed by atoms with Gasteiger partial charge in [-0.3, -0.25) is 4.79 Å². The van der Waals surface area contributed by atoms with Crippen LogP contribution >= 0.6 is 0 Å². The molecule has 0 spiro atoms. The van der Waals surface area contributed by atoms with Gasteiger partial charge in [0.25, 0.3) is 0 Å².